The number of hydrogen-bond donors (Lipinski definition) is 0. The minimum Gasteiger partial charge on any atom is -0.336 e. The molecule has 0 N–H and O–H groups in total. The number of rotatable bonds is 3. The van der Waals surface area contributed by atoms with Gasteiger partial charge in [-0.25, -0.2) is 8.78 Å². The molecule has 1 amide bonds. The Hall–Kier alpha value is -2.34. The van der Waals surface area contributed by atoms with E-state index < -0.39 is 11.6 Å². The Kier molecular flexibility index (Phi) is 4.62. The van der Waals surface area contributed by atoms with Gasteiger partial charge in [0.05, 0.1) is 5.69 Å². The van der Waals surface area contributed by atoms with Crippen molar-refractivity contribution in [2.75, 3.05) is 26.2 Å². The summed E-state index contributed by atoms with van der Waals surface area (Å²) in [5.74, 6) is -1.80. The Morgan fingerprint density at radius 3 is 2.35 bits per heavy atom. The second-order valence-electron chi connectivity index (χ2n) is 5.55. The van der Waals surface area contributed by atoms with Crippen LogP contribution in [0.1, 0.15) is 16.1 Å². The highest BCUT2D eigenvalue weighted by molar-refractivity contribution is 5.94. The lowest BCUT2D eigenvalue weighted by molar-refractivity contribution is 0.0626. The standard InChI is InChI=1S/C17H17F2N3O/c18-14-9-13(10-15(19)11-14)17(23)22-7-5-21(6-8-22)12-16-3-1-2-4-20-16/h1-4,9-11H,5-8,12H2. The van der Waals surface area contributed by atoms with Crippen LogP contribution in [0, 0.1) is 11.6 Å². The Morgan fingerprint density at radius 1 is 1.04 bits per heavy atom. The van der Waals surface area contributed by atoms with Gasteiger partial charge >= 0.3 is 0 Å². The molecule has 1 aromatic carbocycles. The van der Waals surface area contributed by atoms with Gasteiger partial charge in [-0.15, -0.1) is 0 Å². The molecular formula is C17H17F2N3O. The summed E-state index contributed by atoms with van der Waals surface area (Å²) in [6, 6.07) is 8.70. The lowest BCUT2D eigenvalue weighted by Crippen LogP contribution is -2.48. The van der Waals surface area contributed by atoms with Crippen LogP contribution in [0.25, 0.3) is 0 Å². The van der Waals surface area contributed by atoms with Crippen LogP contribution in [0.3, 0.4) is 0 Å². The van der Waals surface area contributed by atoms with Crippen molar-refractivity contribution in [3.05, 3.63) is 65.5 Å². The minimum atomic E-state index is -0.734. The third-order valence-corrected chi connectivity index (χ3v) is 3.88. The molecule has 0 atom stereocenters. The largest absolute Gasteiger partial charge is 0.336 e. The number of halogens is 2. The topological polar surface area (TPSA) is 36.4 Å². The van der Waals surface area contributed by atoms with Gasteiger partial charge in [0.25, 0.3) is 5.91 Å². The van der Waals surface area contributed by atoms with E-state index in [1.54, 1.807) is 11.1 Å². The van der Waals surface area contributed by atoms with E-state index in [9.17, 15) is 13.6 Å². The van der Waals surface area contributed by atoms with Gasteiger partial charge in [0, 0.05) is 50.6 Å². The van der Waals surface area contributed by atoms with Crippen molar-refractivity contribution in [1.29, 1.82) is 0 Å². The summed E-state index contributed by atoms with van der Waals surface area (Å²) in [5.41, 5.74) is 1.04. The van der Waals surface area contributed by atoms with Gasteiger partial charge in [-0.05, 0) is 24.3 Å². The molecule has 23 heavy (non-hydrogen) atoms. The molecule has 0 unspecified atom stereocenters. The first-order chi connectivity index (χ1) is 11.1. The van der Waals surface area contributed by atoms with Crippen LogP contribution >= 0.6 is 0 Å². The number of amides is 1. The molecule has 3 rings (SSSR count). The molecular weight excluding hydrogens is 300 g/mol. The first-order valence-corrected chi connectivity index (χ1v) is 7.49. The van der Waals surface area contributed by atoms with Gasteiger partial charge in [0.15, 0.2) is 0 Å². The molecule has 1 saturated heterocycles. The highest BCUT2D eigenvalue weighted by Gasteiger charge is 2.23. The summed E-state index contributed by atoms with van der Waals surface area (Å²) in [7, 11) is 0. The maximum absolute atomic E-state index is 13.2. The van der Waals surface area contributed by atoms with E-state index in [1.807, 2.05) is 18.2 Å². The van der Waals surface area contributed by atoms with Crippen LogP contribution in [-0.2, 0) is 6.54 Å². The first-order valence-electron chi connectivity index (χ1n) is 7.49. The number of carbonyl (C=O) groups is 1. The van der Waals surface area contributed by atoms with E-state index in [0.717, 1.165) is 30.4 Å². The predicted octanol–water partition coefficient (Wildman–Crippen LogP) is 2.32. The fourth-order valence-corrected chi connectivity index (χ4v) is 2.69. The van der Waals surface area contributed by atoms with Gasteiger partial charge in [-0.3, -0.25) is 14.7 Å². The molecule has 0 bridgehead atoms. The van der Waals surface area contributed by atoms with E-state index in [1.165, 1.54) is 0 Å². The van der Waals surface area contributed by atoms with Gasteiger partial charge in [0.2, 0.25) is 0 Å². The summed E-state index contributed by atoms with van der Waals surface area (Å²) < 4.78 is 26.5. The van der Waals surface area contributed by atoms with E-state index in [4.69, 9.17) is 0 Å². The van der Waals surface area contributed by atoms with Crippen molar-refractivity contribution >= 4 is 5.91 Å². The number of benzene rings is 1. The predicted molar refractivity (Wildman–Crippen MR) is 81.8 cm³/mol. The van der Waals surface area contributed by atoms with Crippen LogP contribution in [0.2, 0.25) is 0 Å². The van der Waals surface area contributed by atoms with E-state index in [-0.39, 0.29) is 11.5 Å². The molecule has 2 heterocycles. The second kappa shape index (κ2) is 6.83. The Labute approximate surface area is 133 Å². The van der Waals surface area contributed by atoms with E-state index >= 15 is 0 Å². The van der Waals surface area contributed by atoms with Gasteiger partial charge < -0.3 is 4.90 Å². The molecule has 4 nitrogen and oxygen atoms in total. The highest BCUT2D eigenvalue weighted by Crippen LogP contribution is 2.13. The van der Waals surface area contributed by atoms with E-state index in [0.29, 0.717) is 26.2 Å². The number of nitrogens with zero attached hydrogens (tertiary/aromatic N) is 3. The zero-order valence-electron chi connectivity index (χ0n) is 12.6. The Bertz CT molecular complexity index is 665. The maximum Gasteiger partial charge on any atom is 0.254 e. The smallest absolute Gasteiger partial charge is 0.254 e. The molecule has 0 saturated carbocycles. The summed E-state index contributed by atoms with van der Waals surface area (Å²) in [4.78, 5) is 20.5. The molecule has 0 spiro atoms. The lowest BCUT2D eigenvalue weighted by Gasteiger charge is -2.34. The normalized spacial score (nSPS) is 15.7. The molecule has 1 fully saturated rings. The first kappa shape index (κ1) is 15.6. The lowest BCUT2D eigenvalue weighted by atomic mass is 10.1. The summed E-state index contributed by atoms with van der Waals surface area (Å²) in [5, 5.41) is 0. The molecule has 0 aliphatic carbocycles. The van der Waals surface area contributed by atoms with Crippen molar-refractivity contribution in [3.8, 4) is 0 Å². The highest BCUT2D eigenvalue weighted by atomic mass is 19.1. The number of hydrogen-bond acceptors (Lipinski definition) is 3. The van der Waals surface area contributed by atoms with Crippen LogP contribution in [0.15, 0.2) is 42.6 Å². The third-order valence-electron chi connectivity index (χ3n) is 3.88. The van der Waals surface area contributed by atoms with Crippen molar-refractivity contribution in [1.82, 2.24) is 14.8 Å². The fraction of sp³-hybridized carbons (Fsp3) is 0.294. The summed E-state index contributed by atoms with van der Waals surface area (Å²) >= 11 is 0. The zero-order chi connectivity index (χ0) is 16.2. The second-order valence-corrected chi connectivity index (χ2v) is 5.55. The molecule has 2 aromatic rings. The molecule has 1 aromatic heterocycles. The summed E-state index contributed by atoms with van der Waals surface area (Å²) in [6.45, 7) is 3.21. The van der Waals surface area contributed by atoms with Gasteiger partial charge in [-0.2, -0.15) is 0 Å². The van der Waals surface area contributed by atoms with Crippen LogP contribution in [0.5, 0.6) is 0 Å². The molecule has 1 aliphatic rings. The average Bonchev–Trinajstić information content (AvgIpc) is 2.55. The quantitative estimate of drug-likeness (QED) is 0.872. The number of pyridine rings is 1. The van der Waals surface area contributed by atoms with Crippen molar-refractivity contribution in [2.45, 2.75) is 6.54 Å². The minimum absolute atomic E-state index is 0.0562. The molecule has 1 aliphatic heterocycles. The fourth-order valence-electron chi connectivity index (χ4n) is 2.69. The van der Waals surface area contributed by atoms with Gasteiger partial charge in [-0.1, -0.05) is 6.07 Å². The number of carbonyl (C=O) groups excluding carboxylic acids is 1. The molecule has 120 valence electrons. The van der Waals surface area contributed by atoms with Crippen LogP contribution in [-0.4, -0.2) is 46.9 Å². The van der Waals surface area contributed by atoms with Crippen molar-refractivity contribution < 1.29 is 13.6 Å². The molecule has 0 radical (unpaired) electrons. The maximum atomic E-state index is 13.2. The molecule has 6 heteroatoms. The Balaban J connectivity index is 1.59. The number of aromatic nitrogens is 1. The van der Waals surface area contributed by atoms with E-state index in [2.05, 4.69) is 9.88 Å². The van der Waals surface area contributed by atoms with Crippen LogP contribution in [0.4, 0.5) is 8.78 Å². The Morgan fingerprint density at radius 2 is 1.74 bits per heavy atom. The van der Waals surface area contributed by atoms with Crippen molar-refractivity contribution in [2.24, 2.45) is 0 Å². The van der Waals surface area contributed by atoms with Crippen molar-refractivity contribution in [3.63, 3.8) is 0 Å². The number of piperazine rings is 1. The SMILES string of the molecule is O=C(c1cc(F)cc(F)c1)N1CCN(Cc2ccccn2)CC1. The zero-order valence-corrected chi connectivity index (χ0v) is 12.6. The summed E-state index contributed by atoms with van der Waals surface area (Å²) in [6.07, 6.45) is 1.76. The van der Waals surface area contributed by atoms with Gasteiger partial charge in [0.1, 0.15) is 11.6 Å². The monoisotopic (exact) mass is 317 g/mol. The average molecular weight is 317 g/mol. The van der Waals surface area contributed by atoms with Crippen LogP contribution < -0.4 is 0 Å². The third kappa shape index (κ3) is 3.90.